The lowest BCUT2D eigenvalue weighted by atomic mass is 10.2. The first-order valence-corrected chi connectivity index (χ1v) is 5.92. The van der Waals surface area contributed by atoms with Crippen molar-refractivity contribution in [1.29, 1.82) is 0 Å². The minimum atomic E-state index is 0.133. The predicted molar refractivity (Wildman–Crippen MR) is 67.1 cm³/mol. The highest BCUT2D eigenvalue weighted by Gasteiger charge is 2.15. The van der Waals surface area contributed by atoms with Crippen molar-refractivity contribution in [1.82, 2.24) is 4.90 Å². The van der Waals surface area contributed by atoms with Gasteiger partial charge < -0.3 is 15.0 Å². The normalized spacial score (nSPS) is 15.7. The average molecular weight is 234 g/mol. The van der Waals surface area contributed by atoms with Crippen LogP contribution in [-0.2, 0) is 9.53 Å². The summed E-state index contributed by atoms with van der Waals surface area (Å²) in [7, 11) is 0. The van der Waals surface area contributed by atoms with Crippen LogP contribution in [0.3, 0.4) is 0 Å². The Morgan fingerprint density at radius 3 is 2.59 bits per heavy atom. The molecule has 1 aliphatic heterocycles. The summed E-state index contributed by atoms with van der Waals surface area (Å²) in [4.78, 5) is 13.7. The third-order valence-electron chi connectivity index (χ3n) is 2.86. The molecule has 1 N–H and O–H groups in total. The molecule has 1 heterocycles. The van der Waals surface area contributed by atoms with E-state index in [0.717, 1.165) is 5.69 Å². The summed E-state index contributed by atoms with van der Waals surface area (Å²) in [6.07, 6.45) is 0. The van der Waals surface area contributed by atoms with Crippen molar-refractivity contribution in [3.8, 4) is 0 Å². The summed E-state index contributed by atoms with van der Waals surface area (Å²) >= 11 is 0. The second-order valence-corrected chi connectivity index (χ2v) is 4.21. The van der Waals surface area contributed by atoms with E-state index in [1.54, 1.807) is 0 Å². The van der Waals surface area contributed by atoms with E-state index in [0.29, 0.717) is 32.8 Å². The van der Waals surface area contributed by atoms with Crippen molar-refractivity contribution in [2.45, 2.75) is 6.92 Å². The quantitative estimate of drug-likeness (QED) is 0.856. The smallest absolute Gasteiger partial charge is 0.242 e. The zero-order chi connectivity index (χ0) is 12.1. The van der Waals surface area contributed by atoms with Gasteiger partial charge in [-0.3, -0.25) is 4.79 Å². The van der Waals surface area contributed by atoms with Crippen LogP contribution in [0.5, 0.6) is 0 Å². The standard InChI is InChI=1S/C13H18N2O2/c1-11-2-4-12(5-3-11)14-10-13(16)15-6-8-17-9-7-15/h2-5,14H,6-10H2,1H3. The topological polar surface area (TPSA) is 41.6 Å². The summed E-state index contributed by atoms with van der Waals surface area (Å²) in [6.45, 7) is 5.10. The van der Waals surface area contributed by atoms with Crippen molar-refractivity contribution in [2.24, 2.45) is 0 Å². The molecule has 1 aliphatic rings. The molecule has 4 heteroatoms. The Morgan fingerprint density at radius 2 is 1.94 bits per heavy atom. The Labute approximate surface area is 102 Å². The van der Waals surface area contributed by atoms with E-state index in [2.05, 4.69) is 5.32 Å². The molecule has 0 aromatic heterocycles. The van der Waals surface area contributed by atoms with Crippen LogP contribution >= 0.6 is 0 Å². The fourth-order valence-corrected chi connectivity index (χ4v) is 1.77. The van der Waals surface area contributed by atoms with Gasteiger partial charge in [-0.05, 0) is 19.1 Å². The van der Waals surface area contributed by atoms with Gasteiger partial charge in [-0.2, -0.15) is 0 Å². The number of amides is 1. The predicted octanol–water partition coefficient (Wildman–Crippen LogP) is 1.27. The lowest BCUT2D eigenvalue weighted by Gasteiger charge is -2.27. The fourth-order valence-electron chi connectivity index (χ4n) is 1.77. The minimum Gasteiger partial charge on any atom is -0.378 e. The molecule has 0 atom stereocenters. The highest BCUT2D eigenvalue weighted by atomic mass is 16.5. The van der Waals surface area contributed by atoms with Gasteiger partial charge >= 0.3 is 0 Å². The first-order valence-electron chi connectivity index (χ1n) is 5.92. The highest BCUT2D eigenvalue weighted by Crippen LogP contribution is 2.08. The summed E-state index contributed by atoms with van der Waals surface area (Å²) in [5.41, 5.74) is 2.20. The van der Waals surface area contributed by atoms with Gasteiger partial charge in [0.2, 0.25) is 5.91 Å². The number of morpholine rings is 1. The molecule has 0 radical (unpaired) electrons. The highest BCUT2D eigenvalue weighted by molar-refractivity contribution is 5.80. The van der Waals surface area contributed by atoms with Crippen LogP contribution in [0.25, 0.3) is 0 Å². The Kier molecular flexibility index (Phi) is 3.98. The van der Waals surface area contributed by atoms with Crippen molar-refractivity contribution in [3.63, 3.8) is 0 Å². The average Bonchev–Trinajstić information content (AvgIpc) is 2.39. The van der Waals surface area contributed by atoms with E-state index >= 15 is 0 Å². The zero-order valence-corrected chi connectivity index (χ0v) is 10.1. The van der Waals surface area contributed by atoms with Gasteiger partial charge in [-0.25, -0.2) is 0 Å². The third kappa shape index (κ3) is 3.46. The van der Waals surface area contributed by atoms with Crippen LogP contribution in [0.15, 0.2) is 24.3 Å². The van der Waals surface area contributed by atoms with Gasteiger partial charge in [0.05, 0.1) is 19.8 Å². The molecule has 0 bridgehead atoms. The minimum absolute atomic E-state index is 0.133. The number of benzene rings is 1. The summed E-state index contributed by atoms with van der Waals surface area (Å²) in [6, 6.07) is 8.03. The second kappa shape index (κ2) is 5.68. The number of ether oxygens (including phenoxy) is 1. The summed E-state index contributed by atoms with van der Waals surface area (Å²) in [5, 5.41) is 3.14. The van der Waals surface area contributed by atoms with E-state index < -0.39 is 0 Å². The van der Waals surface area contributed by atoms with Gasteiger partial charge in [0.1, 0.15) is 0 Å². The lowest BCUT2D eigenvalue weighted by Crippen LogP contribution is -2.43. The van der Waals surface area contributed by atoms with Crippen LogP contribution < -0.4 is 5.32 Å². The largest absolute Gasteiger partial charge is 0.378 e. The van der Waals surface area contributed by atoms with Gasteiger partial charge in [0.15, 0.2) is 0 Å². The number of anilines is 1. The van der Waals surface area contributed by atoms with Crippen molar-refractivity contribution < 1.29 is 9.53 Å². The number of nitrogens with one attached hydrogen (secondary N) is 1. The second-order valence-electron chi connectivity index (χ2n) is 4.21. The SMILES string of the molecule is Cc1ccc(NCC(=O)N2CCOCC2)cc1. The van der Waals surface area contributed by atoms with Crippen molar-refractivity contribution in [2.75, 3.05) is 38.2 Å². The molecule has 1 aromatic rings. The monoisotopic (exact) mass is 234 g/mol. The molecular formula is C13H18N2O2. The number of hydrogen-bond acceptors (Lipinski definition) is 3. The van der Waals surface area contributed by atoms with Gasteiger partial charge in [0, 0.05) is 18.8 Å². The van der Waals surface area contributed by atoms with E-state index in [4.69, 9.17) is 4.74 Å². The fraction of sp³-hybridized carbons (Fsp3) is 0.462. The Bertz CT molecular complexity index is 370. The molecule has 0 saturated carbocycles. The number of rotatable bonds is 3. The first-order chi connectivity index (χ1) is 8.25. The zero-order valence-electron chi connectivity index (χ0n) is 10.1. The van der Waals surface area contributed by atoms with Crippen LogP contribution in [-0.4, -0.2) is 43.7 Å². The number of carbonyl (C=O) groups is 1. The van der Waals surface area contributed by atoms with Crippen LogP contribution in [0.4, 0.5) is 5.69 Å². The molecule has 4 nitrogen and oxygen atoms in total. The van der Waals surface area contributed by atoms with Crippen LogP contribution in [0, 0.1) is 6.92 Å². The Hall–Kier alpha value is -1.55. The summed E-state index contributed by atoms with van der Waals surface area (Å²) < 4.78 is 5.21. The molecule has 1 fully saturated rings. The van der Waals surface area contributed by atoms with Gasteiger partial charge in [0.25, 0.3) is 0 Å². The van der Waals surface area contributed by atoms with Crippen LogP contribution in [0.2, 0.25) is 0 Å². The first kappa shape index (κ1) is 11.9. The maximum Gasteiger partial charge on any atom is 0.242 e. The molecule has 1 saturated heterocycles. The number of aryl methyl sites for hydroxylation is 1. The Balaban J connectivity index is 1.81. The number of hydrogen-bond donors (Lipinski definition) is 1. The van der Waals surface area contributed by atoms with Crippen LogP contribution in [0.1, 0.15) is 5.56 Å². The molecule has 1 amide bonds. The van der Waals surface area contributed by atoms with E-state index in [1.807, 2.05) is 36.1 Å². The molecular weight excluding hydrogens is 216 g/mol. The number of nitrogens with zero attached hydrogens (tertiary/aromatic N) is 1. The molecule has 92 valence electrons. The van der Waals surface area contributed by atoms with E-state index in [-0.39, 0.29) is 5.91 Å². The van der Waals surface area contributed by atoms with E-state index in [1.165, 1.54) is 5.56 Å². The maximum absolute atomic E-state index is 11.8. The third-order valence-corrected chi connectivity index (χ3v) is 2.86. The molecule has 0 spiro atoms. The molecule has 1 aromatic carbocycles. The lowest BCUT2D eigenvalue weighted by molar-refractivity contribution is -0.133. The molecule has 2 rings (SSSR count). The van der Waals surface area contributed by atoms with Gasteiger partial charge in [-0.15, -0.1) is 0 Å². The van der Waals surface area contributed by atoms with Crippen molar-refractivity contribution in [3.05, 3.63) is 29.8 Å². The summed E-state index contributed by atoms with van der Waals surface area (Å²) in [5.74, 6) is 0.133. The van der Waals surface area contributed by atoms with Crippen molar-refractivity contribution >= 4 is 11.6 Å². The molecule has 17 heavy (non-hydrogen) atoms. The van der Waals surface area contributed by atoms with E-state index in [9.17, 15) is 4.79 Å². The van der Waals surface area contributed by atoms with Gasteiger partial charge in [-0.1, -0.05) is 17.7 Å². The Morgan fingerprint density at radius 1 is 1.29 bits per heavy atom. The molecule has 0 unspecified atom stereocenters. The molecule has 0 aliphatic carbocycles. The number of carbonyl (C=O) groups excluding carboxylic acids is 1. The maximum atomic E-state index is 11.8.